The predicted octanol–water partition coefficient (Wildman–Crippen LogP) is 3.69. The lowest BCUT2D eigenvalue weighted by Gasteiger charge is -2.15. The number of aryl methyl sites for hydroxylation is 1. The number of nitrogens with one attached hydrogen (secondary N) is 1. The summed E-state index contributed by atoms with van der Waals surface area (Å²) in [4.78, 5) is 28.9. The molecule has 1 aromatic heterocycles. The van der Waals surface area contributed by atoms with Crippen molar-refractivity contribution in [1.82, 2.24) is 4.98 Å². The van der Waals surface area contributed by atoms with Crippen LogP contribution in [0.4, 0.5) is 10.2 Å². The van der Waals surface area contributed by atoms with Crippen molar-refractivity contribution in [3.63, 3.8) is 0 Å². The van der Waals surface area contributed by atoms with E-state index in [-0.39, 0.29) is 5.78 Å². The average molecular weight is 375 g/mol. The van der Waals surface area contributed by atoms with Crippen molar-refractivity contribution in [2.45, 2.75) is 12.8 Å². The molecule has 3 N–H and O–H groups in total. The Balaban J connectivity index is 1.78. The van der Waals surface area contributed by atoms with Crippen LogP contribution in [0.5, 0.6) is 0 Å². The highest BCUT2D eigenvalue weighted by molar-refractivity contribution is 6.05. The summed E-state index contributed by atoms with van der Waals surface area (Å²) in [5, 5.41) is 3.17. The molecule has 0 aliphatic carbocycles. The lowest BCUT2D eigenvalue weighted by atomic mass is 9.86. The summed E-state index contributed by atoms with van der Waals surface area (Å²) in [6.45, 7) is 2.19. The van der Waals surface area contributed by atoms with E-state index in [2.05, 4.69) is 10.3 Å². The third-order valence-corrected chi connectivity index (χ3v) is 5.07. The number of carbonyl (C=O) groups excluding carboxylic acids is 2. The first-order chi connectivity index (χ1) is 13.5. The number of nitrogens with two attached hydrogens (primary N) is 1. The van der Waals surface area contributed by atoms with E-state index >= 15 is 0 Å². The van der Waals surface area contributed by atoms with Crippen molar-refractivity contribution < 1.29 is 14.0 Å². The number of anilines is 1. The van der Waals surface area contributed by atoms with Crippen LogP contribution in [0.25, 0.3) is 11.1 Å². The smallest absolute Gasteiger partial charge is 0.248 e. The summed E-state index contributed by atoms with van der Waals surface area (Å²) < 4.78 is 13.7. The second-order valence-electron chi connectivity index (χ2n) is 6.82. The Morgan fingerprint density at radius 2 is 1.89 bits per heavy atom. The molecule has 1 atom stereocenters. The zero-order valence-corrected chi connectivity index (χ0v) is 15.2. The molecule has 2 aromatic carbocycles. The molecule has 2 heterocycles. The Morgan fingerprint density at radius 3 is 2.61 bits per heavy atom. The van der Waals surface area contributed by atoms with Gasteiger partial charge in [0.15, 0.2) is 5.78 Å². The van der Waals surface area contributed by atoms with Gasteiger partial charge < -0.3 is 11.1 Å². The fourth-order valence-electron chi connectivity index (χ4n) is 3.60. The number of amides is 1. The molecule has 0 fully saturated rings. The topological polar surface area (TPSA) is 85.1 Å². The van der Waals surface area contributed by atoms with Gasteiger partial charge in [0.1, 0.15) is 11.6 Å². The van der Waals surface area contributed by atoms with Crippen LogP contribution in [0.3, 0.4) is 0 Å². The van der Waals surface area contributed by atoms with Gasteiger partial charge in [0.2, 0.25) is 5.91 Å². The number of carbonyl (C=O) groups is 2. The number of nitrogens with zero attached hydrogens (tertiary/aromatic N) is 1. The molecule has 0 saturated heterocycles. The molecule has 140 valence electrons. The van der Waals surface area contributed by atoms with E-state index < -0.39 is 17.6 Å². The number of Topliss-reactive ketones (excluding diaryl/α,β-unsaturated/α-hetero) is 1. The monoisotopic (exact) mass is 375 g/mol. The summed E-state index contributed by atoms with van der Waals surface area (Å²) in [6.07, 6.45) is 1.67. The third kappa shape index (κ3) is 3.03. The maximum atomic E-state index is 13.7. The minimum atomic E-state index is -0.497. The second-order valence-corrected chi connectivity index (χ2v) is 6.82. The van der Waals surface area contributed by atoms with Crippen molar-refractivity contribution in [3.8, 4) is 11.1 Å². The molecule has 1 unspecified atom stereocenters. The Morgan fingerprint density at radius 1 is 1.14 bits per heavy atom. The summed E-state index contributed by atoms with van der Waals surface area (Å²) in [6, 6.07) is 13.0. The van der Waals surface area contributed by atoms with Gasteiger partial charge in [0.05, 0.1) is 5.92 Å². The van der Waals surface area contributed by atoms with Gasteiger partial charge in [-0.25, -0.2) is 9.37 Å². The number of halogens is 1. The van der Waals surface area contributed by atoms with Crippen LogP contribution in [0.2, 0.25) is 0 Å². The first kappa shape index (κ1) is 17.9. The number of fused-ring (bicyclic) bond motifs is 1. The Labute approximate surface area is 161 Å². The SMILES string of the molecule is Cc1ccc(F)cc1C(=O)C1CNc2nccc(-c3ccc(C(N)=O)cc3)c21. The van der Waals surface area contributed by atoms with Crippen LogP contribution in [0.1, 0.15) is 37.8 Å². The van der Waals surface area contributed by atoms with Gasteiger partial charge >= 0.3 is 0 Å². The van der Waals surface area contributed by atoms with E-state index in [0.29, 0.717) is 23.5 Å². The molecule has 6 heteroatoms. The molecular weight excluding hydrogens is 357 g/mol. The van der Waals surface area contributed by atoms with Crippen molar-refractivity contribution in [3.05, 3.63) is 82.8 Å². The highest BCUT2D eigenvalue weighted by atomic mass is 19.1. The van der Waals surface area contributed by atoms with E-state index in [1.54, 1.807) is 43.5 Å². The quantitative estimate of drug-likeness (QED) is 0.681. The number of ketones is 1. The lowest BCUT2D eigenvalue weighted by Crippen LogP contribution is -2.17. The molecule has 1 amide bonds. The number of benzene rings is 2. The number of primary amides is 1. The van der Waals surface area contributed by atoms with Crippen molar-refractivity contribution in [1.29, 1.82) is 0 Å². The number of hydrogen-bond acceptors (Lipinski definition) is 4. The van der Waals surface area contributed by atoms with Gasteiger partial charge in [-0.3, -0.25) is 9.59 Å². The van der Waals surface area contributed by atoms with Crippen molar-refractivity contribution in [2.75, 3.05) is 11.9 Å². The standard InChI is InChI=1S/C22H18FN3O2/c1-12-2-7-15(23)10-17(12)20(27)18-11-26-22-19(18)16(8-9-25-22)13-3-5-14(6-4-13)21(24)28/h2-10,18H,11H2,1H3,(H2,24,28)(H,25,26). The first-order valence-electron chi connectivity index (χ1n) is 8.89. The number of aromatic nitrogens is 1. The van der Waals surface area contributed by atoms with E-state index in [9.17, 15) is 14.0 Å². The Hall–Kier alpha value is -3.54. The molecule has 5 nitrogen and oxygen atoms in total. The number of rotatable bonds is 4. The van der Waals surface area contributed by atoms with Crippen molar-refractivity contribution >= 4 is 17.5 Å². The molecule has 0 bridgehead atoms. The van der Waals surface area contributed by atoms with Gasteiger partial charge in [0, 0.05) is 29.4 Å². The van der Waals surface area contributed by atoms with Crippen LogP contribution < -0.4 is 11.1 Å². The molecule has 0 spiro atoms. The van der Waals surface area contributed by atoms with E-state index in [0.717, 1.165) is 22.3 Å². The minimum Gasteiger partial charge on any atom is -0.369 e. The summed E-state index contributed by atoms with van der Waals surface area (Å²) in [5.74, 6) is -0.915. The summed E-state index contributed by atoms with van der Waals surface area (Å²) in [7, 11) is 0. The van der Waals surface area contributed by atoms with Gasteiger partial charge in [-0.05, 0) is 53.9 Å². The van der Waals surface area contributed by atoms with Crippen molar-refractivity contribution in [2.24, 2.45) is 5.73 Å². The summed E-state index contributed by atoms with van der Waals surface area (Å²) in [5.41, 5.74) is 9.30. The fourth-order valence-corrected chi connectivity index (χ4v) is 3.60. The largest absolute Gasteiger partial charge is 0.369 e. The van der Waals surface area contributed by atoms with Gasteiger partial charge in [0.25, 0.3) is 0 Å². The van der Waals surface area contributed by atoms with E-state index in [4.69, 9.17) is 5.73 Å². The number of pyridine rings is 1. The molecule has 4 rings (SSSR count). The average Bonchev–Trinajstić information content (AvgIpc) is 3.13. The fraction of sp³-hybridized carbons (Fsp3) is 0.136. The van der Waals surface area contributed by atoms with E-state index in [1.807, 2.05) is 6.07 Å². The third-order valence-electron chi connectivity index (χ3n) is 5.07. The molecule has 28 heavy (non-hydrogen) atoms. The van der Waals surface area contributed by atoms with Crippen LogP contribution in [-0.4, -0.2) is 23.2 Å². The molecule has 1 aliphatic rings. The summed E-state index contributed by atoms with van der Waals surface area (Å²) >= 11 is 0. The number of hydrogen-bond donors (Lipinski definition) is 2. The Bertz CT molecular complexity index is 1090. The highest BCUT2D eigenvalue weighted by Gasteiger charge is 2.33. The first-order valence-corrected chi connectivity index (χ1v) is 8.89. The molecule has 0 radical (unpaired) electrons. The minimum absolute atomic E-state index is 0.147. The van der Waals surface area contributed by atoms with Gasteiger partial charge in [-0.1, -0.05) is 18.2 Å². The maximum Gasteiger partial charge on any atom is 0.248 e. The molecular formula is C22H18FN3O2. The van der Waals surface area contributed by atoms with E-state index in [1.165, 1.54) is 12.1 Å². The van der Waals surface area contributed by atoms with Crippen LogP contribution in [0.15, 0.2) is 54.7 Å². The normalized spacial score (nSPS) is 15.0. The molecule has 0 saturated carbocycles. The molecule has 3 aromatic rings. The van der Waals surface area contributed by atoms with Gasteiger partial charge in [-0.15, -0.1) is 0 Å². The molecule has 1 aliphatic heterocycles. The maximum absolute atomic E-state index is 13.7. The van der Waals surface area contributed by atoms with Crippen LogP contribution >= 0.6 is 0 Å². The van der Waals surface area contributed by atoms with Gasteiger partial charge in [-0.2, -0.15) is 0 Å². The predicted molar refractivity (Wildman–Crippen MR) is 105 cm³/mol. The van der Waals surface area contributed by atoms with Crippen LogP contribution in [-0.2, 0) is 0 Å². The second kappa shape index (κ2) is 6.88. The lowest BCUT2D eigenvalue weighted by molar-refractivity contribution is 0.0964. The Kier molecular flexibility index (Phi) is 4.39. The van der Waals surface area contributed by atoms with Crippen LogP contribution in [0, 0.1) is 12.7 Å². The highest BCUT2D eigenvalue weighted by Crippen LogP contribution is 2.40. The zero-order valence-electron chi connectivity index (χ0n) is 15.2. The zero-order chi connectivity index (χ0) is 19.8.